The summed E-state index contributed by atoms with van der Waals surface area (Å²) in [4.78, 5) is 14.9. The fraction of sp³-hybridized carbons (Fsp3) is 0.714. The number of nitrogens with zero attached hydrogens (tertiary/aromatic N) is 4. The van der Waals surface area contributed by atoms with E-state index in [9.17, 15) is 0 Å². The van der Waals surface area contributed by atoms with E-state index < -0.39 is 0 Å². The van der Waals surface area contributed by atoms with Gasteiger partial charge in [0, 0.05) is 23.6 Å². The van der Waals surface area contributed by atoms with Crippen molar-refractivity contribution in [3.8, 4) is 0 Å². The predicted octanol–water partition coefficient (Wildman–Crippen LogP) is 5.66. The van der Waals surface area contributed by atoms with Crippen LogP contribution in [0.5, 0.6) is 0 Å². The molecule has 2 fully saturated rings. The molecule has 0 amide bonds. The molecular formula is C28H44N6S2. The molecule has 2 saturated carbocycles. The SMILES string of the molecule is CC1CCCC(N2CNCN=C2SCc2ccccc2CSC2=NCNCN2C2CCCC(C)C2)C1. The second-order valence-electron chi connectivity index (χ2n) is 11.2. The fourth-order valence-electron chi connectivity index (χ4n) is 6.23. The highest BCUT2D eigenvalue weighted by atomic mass is 32.2. The summed E-state index contributed by atoms with van der Waals surface area (Å²) in [6, 6.07) is 10.2. The number of hydrogen-bond acceptors (Lipinski definition) is 8. The van der Waals surface area contributed by atoms with Crippen molar-refractivity contribution in [1.29, 1.82) is 0 Å². The Balaban J connectivity index is 1.20. The topological polar surface area (TPSA) is 55.3 Å². The van der Waals surface area contributed by atoms with Crippen LogP contribution in [0.15, 0.2) is 34.3 Å². The predicted molar refractivity (Wildman–Crippen MR) is 156 cm³/mol. The molecule has 0 aromatic heterocycles. The first kappa shape index (κ1) is 26.4. The standard InChI is InChI=1S/C28H44N6S2/c1-21-7-5-11-25(13-21)33-19-29-17-31-27(33)35-15-23-9-3-4-10-24(23)16-36-28-32-18-30-20-34(28)26-12-6-8-22(2)14-26/h3-4,9-10,21-22,25-26,29-30H,5-8,11-20H2,1-2H3. The van der Waals surface area contributed by atoms with Crippen molar-refractivity contribution >= 4 is 33.9 Å². The molecule has 198 valence electrons. The molecular weight excluding hydrogens is 484 g/mol. The van der Waals surface area contributed by atoms with Crippen molar-refractivity contribution in [2.24, 2.45) is 21.8 Å². The van der Waals surface area contributed by atoms with E-state index in [1.165, 1.54) is 72.8 Å². The Labute approximate surface area is 226 Å². The third-order valence-corrected chi connectivity index (χ3v) is 10.4. The molecule has 4 atom stereocenters. The fourth-order valence-corrected chi connectivity index (χ4v) is 8.43. The first-order valence-electron chi connectivity index (χ1n) is 14.0. The third-order valence-electron chi connectivity index (χ3n) is 8.24. The number of rotatable bonds is 6. The summed E-state index contributed by atoms with van der Waals surface area (Å²) in [7, 11) is 0. The van der Waals surface area contributed by atoms with Crippen molar-refractivity contribution < 1.29 is 0 Å². The zero-order valence-corrected chi connectivity index (χ0v) is 23.8. The Morgan fingerprint density at radius 1 is 0.750 bits per heavy atom. The van der Waals surface area contributed by atoms with Crippen LogP contribution in [-0.2, 0) is 11.5 Å². The summed E-state index contributed by atoms with van der Waals surface area (Å²) in [5.41, 5.74) is 2.86. The molecule has 5 rings (SSSR count). The lowest BCUT2D eigenvalue weighted by Gasteiger charge is -2.40. The molecule has 6 nitrogen and oxygen atoms in total. The van der Waals surface area contributed by atoms with Crippen molar-refractivity contribution in [2.45, 2.75) is 88.8 Å². The molecule has 2 aliphatic carbocycles. The van der Waals surface area contributed by atoms with Crippen molar-refractivity contribution in [3.63, 3.8) is 0 Å². The Hall–Kier alpha value is -1.22. The average Bonchev–Trinajstić information content (AvgIpc) is 2.91. The smallest absolute Gasteiger partial charge is 0.162 e. The highest BCUT2D eigenvalue weighted by Crippen LogP contribution is 2.33. The van der Waals surface area contributed by atoms with Crippen LogP contribution in [0.4, 0.5) is 0 Å². The summed E-state index contributed by atoms with van der Waals surface area (Å²) >= 11 is 3.86. The minimum Gasteiger partial charge on any atom is -0.336 e. The van der Waals surface area contributed by atoms with Gasteiger partial charge in [0.05, 0.1) is 26.7 Å². The van der Waals surface area contributed by atoms with Gasteiger partial charge in [0.15, 0.2) is 10.3 Å². The van der Waals surface area contributed by atoms with Crippen LogP contribution in [0.2, 0.25) is 0 Å². The first-order chi connectivity index (χ1) is 17.7. The van der Waals surface area contributed by atoms with Crippen LogP contribution < -0.4 is 10.6 Å². The third kappa shape index (κ3) is 6.80. The molecule has 0 saturated heterocycles. The second kappa shape index (κ2) is 13.0. The largest absolute Gasteiger partial charge is 0.336 e. The highest BCUT2D eigenvalue weighted by molar-refractivity contribution is 8.13. The van der Waals surface area contributed by atoms with E-state index in [-0.39, 0.29) is 0 Å². The minimum atomic E-state index is 0.630. The van der Waals surface area contributed by atoms with Crippen LogP contribution in [0.25, 0.3) is 0 Å². The molecule has 1 aromatic carbocycles. The molecule has 2 aliphatic heterocycles. The van der Waals surface area contributed by atoms with E-state index in [2.05, 4.69) is 58.5 Å². The van der Waals surface area contributed by atoms with E-state index >= 15 is 0 Å². The molecule has 2 heterocycles. The normalized spacial score (nSPS) is 29.6. The number of thioether (sulfide) groups is 2. The Morgan fingerprint density at radius 3 is 1.67 bits per heavy atom. The van der Waals surface area contributed by atoms with E-state index in [1.807, 2.05) is 23.5 Å². The lowest BCUT2D eigenvalue weighted by Crippen LogP contribution is -2.49. The zero-order chi connectivity index (χ0) is 24.7. The average molecular weight is 529 g/mol. The first-order valence-corrected chi connectivity index (χ1v) is 16.0. The lowest BCUT2D eigenvalue weighted by atomic mass is 9.86. The summed E-state index contributed by atoms with van der Waals surface area (Å²) in [5.74, 6) is 3.60. The van der Waals surface area contributed by atoms with Gasteiger partial charge in [-0.05, 0) is 48.6 Å². The summed E-state index contributed by atoms with van der Waals surface area (Å²) in [6.07, 6.45) is 10.6. The van der Waals surface area contributed by atoms with E-state index in [4.69, 9.17) is 9.98 Å². The van der Waals surface area contributed by atoms with Gasteiger partial charge in [0.25, 0.3) is 0 Å². The monoisotopic (exact) mass is 528 g/mol. The van der Waals surface area contributed by atoms with Crippen LogP contribution in [0, 0.1) is 11.8 Å². The Kier molecular flexibility index (Phi) is 9.55. The van der Waals surface area contributed by atoms with Gasteiger partial charge in [-0.3, -0.25) is 10.6 Å². The van der Waals surface area contributed by atoms with E-state index in [1.54, 1.807) is 0 Å². The van der Waals surface area contributed by atoms with Crippen molar-refractivity contribution in [2.75, 3.05) is 26.7 Å². The van der Waals surface area contributed by atoms with Gasteiger partial charge in [-0.2, -0.15) is 0 Å². The van der Waals surface area contributed by atoms with Gasteiger partial charge in [-0.15, -0.1) is 0 Å². The zero-order valence-electron chi connectivity index (χ0n) is 22.1. The Morgan fingerprint density at radius 2 is 1.22 bits per heavy atom. The molecule has 0 spiro atoms. The number of hydrogen-bond donors (Lipinski definition) is 2. The number of benzene rings is 1. The van der Waals surface area contributed by atoms with Gasteiger partial charge < -0.3 is 9.80 Å². The highest BCUT2D eigenvalue weighted by Gasteiger charge is 2.30. The Bertz CT molecular complexity index is 848. The maximum absolute atomic E-state index is 4.90. The molecule has 36 heavy (non-hydrogen) atoms. The van der Waals surface area contributed by atoms with Crippen molar-refractivity contribution in [3.05, 3.63) is 35.4 Å². The van der Waals surface area contributed by atoms with Gasteiger partial charge in [-0.25, -0.2) is 9.98 Å². The summed E-state index contributed by atoms with van der Waals surface area (Å²) in [6.45, 7) is 8.16. The molecule has 2 N–H and O–H groups in total. The molecule has 4 aliphatic rings. The maximum Gasteiger partial charge on any atom is 0.162 e. The summed E-state index contributed by atoms with van der Waals surface area (Å²) in [5, 5.41) is 9.42. The van der Waals surface area contributed by atoms with Crippen LogP contribution >= 0.6 is 23.5 Å². The van der Waals surface area contributed by atoms with Crippen molar-refractivity contribution in [1.82, 2.24) is 20.4 Å². The minimum absolute atomic E-state index is 0.630. The lowest BCUT2D eigenvalue weighted by molar-refractivity contribution is 0.194. The van der Waals surface area contributed by atoms with E-state index in [0.29, 0.717) is 12.1 Å². The molecule has 1 aromatic rings. The maximum atomic E-state index is 4.90. The second-order valence-corrected chi connectivity index (χ2v) is 13.0. The quantitative estimate of drug-likeness (QED) is 0.497. The number of nitrogens with one attached hydrogen (secondary N) is 2. The van der Waals surface area contributed by atoms with Crippen LogP contribution in [-0.4, -0.2) is 58.9 Å². The van der Waals surface area contributed by atoms with Crippen LogP contribution in [0.3, 0.4) is 0 Å². The van der Waals surface area contributed by atoms with Gasteiger partial charge in [0.1, 0.15) is 0 Å². The molecule has 0 radical (unpaired) electrons. The molecule has 0 bridgehead atoms. The van der Waals surface area contributed by atoms with Gasteiger partial charge >= 0.3 is 0 Å². The van der Waals surface area contributed by atoms with Crippen LogP contribution in [0.1, 0.15) is 76.3 Å². The van der Waals surface area contributed by atoms with Gasteiger partial charge in [-0.1, -0.05) is 87.3 Å². The van der Waals surface area contributed by atoms with E-state index in [0.717, 1.165) is 50.0 Å². The molecule has 8 heteroatoms. The molecule has 4 unspecified atom stereocenters. The number of amidine groups is 2. The summed E-state index contributed by atoms with van der Waals surface area (Å²) < 4.78 is 0. The van der Waals surface area contributed by atoms with Gasteiger partial charge in [0.2, 0.25) is 0 Å². The number of aliphatic imine (C=N–C) groups is 2.